The zero-order valence-corrected chi connectivity index (χ0v) is 17.0. The van der Waals surface area contributed by atoms with Crippen molar-refractivity contribution >= 4 is 27.7 Å². The second-order valence-electron chi connectivity index (χ2n) is 6.96. The topological polar surface area (TPSA) is 123 Å². The van der Waals surface area contributed by atoms with Gasteiger partial charge in [0.2, 0.25) is 15.9 Å². The Hall–Kier alpha value is -3.11. The van der Waals surface area contributed by atoms with Crippen LogP contribution in [0.5, 0.6) is 0 Å². The van der Waals surface area contributed by atoms with Crippen LogP contribution in [0.4, 0.5) is 5.69 Å². The predicted molar refractivity (Wildman–Crippen MR) is 111 cm³/mol. The number of amides is 1. The number of nitrogens with one attached hydrogen (secondary N) is 1. The molecule has 0 spiro atoms. The summed E-state index contributed by atoms with van der Waals surface area (Å²) in [5.74, 6) is -0.0687. The normalized spacial score (nSPS) is 15.9. The molecule has 2 heterocycles. The molecule has 0 bridgehead atoms. The van der Waals surface area contributed by atoms with E-state index in [-0.39, 0.29) is 22.4 Å². The third-order valence-corrected chi connectivity index (χ3v) is 6.82. The molecule has 0 radical (unpaired) electrons. The number of nitro benzene ring substituents is 1. The Bertz CT molecular complexity index is 1010. The van der Waals surface area contributed by atoms with Gasteiger partial charge in [-0.25, -0.2) is 8.42 Å². The smallest absolute Gasteiger partial charge is 0.269 e. The number of non-ortho nitro benzene ring substituents is 1. The SMILES string of the molecule is O=C(/C=C/c1ccc([N+](=O)[O-])cc1)NCC1CCN(S(=O)(=O)c2cccnc2)CC1. The Morgan fingerprint density at radius 3 is 2.53 bits per heavy atom. The lowest BCUT2D eigenvalue weighted by Crippen LogP contribution is -2.41. The minimum atomic E-state index is -3.53. The van der Waals surface area contributed by atoms with Crippen LogP contribution in [0.2, 0.25) is 0 Å². The molecule has 0 atom stereocenters. The summed E-state index contributed by atoms with van der Waals surface area (Å²) in [6.45, 7) is 1.26. The number of rotatable bonds is 7. The van der Waals surface area contributed by atoms with Crippen LogP contribution in [-0.4, -0.2) is 48.2 Å². The van der Waals surface area contributed by atoms with Gasteiger partial charge in [-0.3, -0.25) is 19.9 Å². The van der Waals surface area contributed by atoms with E-state index in [1.54, 1.807) is 24.3 Å². The highest BCUT2D eigenvalue weighted by atomic mass is 32.2. The van der Waals surface area contributed by atoms with Crippen molar-refractivity contribution in [3.05, 3.63) is 70.5 Å². The largest absolute Gasteiger partial charge is 0.352 e. The molecule has 1 N–H and O–H groups in total. The minimum absolute atomic E-state index is 0.00603. The number of carbonyl (C=O) groups excluding carboxylic acids is 1. The van der Waals surface area contributed by atoms with Gasteiger partial charge in [-0.2, -0.15) is 4.31 Å². The number of hydrogen-bond acceptors (Lipinski definition) is 6. The highest BCUT2D eigenvalue weighted by Gasteiger charge is 2.29. The van der Waals surface area contributed by atoms with Crippen LogP contribution in [0.15, 0.2) is 59.8 Å². The van der Waals surface area contributed by atoms with Gasteiger partial charge in [-0.05, 0) is 54.7 Å². The molecule has 1 amide bonds. The molecule has 1 saturated heterocycles. The van der Waals surface area contributed by atoms with Gasteiger partial charge < -0.3 is 5.32 Å². The standard InChI is InChI=1S/C20H22N4O5S/c25-20(8-5-16-3-6-18(7-4-16)24(26)27)22-14-17-9-12-23(13-10-17)30(28,29)19-2-1-11-21-15-19/h1-8,11,15,17H,9-10,12-14H2,(H,22,25)/b8-5+. The van der Waals surface area contributed by atoms with E-state index in [1.807, 2.05) is 0 Å². The molecule has 30 heavy (non-hydrogen) atoms. The van der Waals surface area contributed by atoms with Gasteiger partial charge >= 0.3 is 0 Å². The average Bonchev–Trinajstić information content (AvgIpc) is 2.77. The fraction of sp³-hybridized carbons (Fsp3) is 0.300. The van der Waals surface area contributed by atoms with Crippen molar-refractivity contribution in [1.82, 2.24) is 14.6 Å². The molecule has 0 unspecified atom stereocenters. The summed E-state index contributed by atoms with van der Waals surface area (Å²) >= 11 is 0. The van der Waals surface area contributed by atoms with E-state index in [4.69, 9.17) is 0 Å². The quantitative estimate of drug-likeness (QED) is 0.408. The monoisotopic (exact) mass is 430 g/mol. The Kier molecular flexibility index (Phi) is 6.91. The third-order valence-electron chi connectivity index (χ3n) is 4.94. The molecule has 1 aromatic carbocycles. The molecule has 0 aliphatic carbocycles. The second-order valence-corrected chi connectivity index (χ2v) is 8.90. The van der Waals surface area contributed by atoms with E-state index in [0.29, 0.717) is 38.0 Å². The molecule has 1 aliphatic heterocycles. The highest BCUT2D eigenvalue weighted by molar-refractivity contribution is 7.89. The fourth-order valence-corrected chi connectivity index (χ4v) is 4.62. The molecule has 1 aliphatic rings. The van der Waals surface area contributed by atoms with E-state index in [0.717, 1.165) is 0 Å². The Morgan fingerprint density at radius 2 is 1.93 bits per heavy atom. The van der Waals surface area contributed by atoms with Gasteiger partial charge in [-0.1, -0.05) is 0 Å². The number of piperidine rings is 1. The van der Waals surface area contributed by atoms with E-state index < -0.39 is 14.9 Å². The molecule has 1 aromatic heterocycles. The summed E-state index contributed by atoms with van der Waals surface area (Å²) in [6, 6.07) is 9.03. The van der Waals surface area contributed by atoms with Crippen molar-refractivity contribution in [3.63, 3.8) is 0 Å². The molecule has 10 heteroatoms. The zero-order chi connectivity index (χ0) is 21.6. The van der Waals surface area contributed by atoms with Gasteiger partial charge in [0.1, 0.15) is 4.90 Å². The Morgan fingerprint density at radius 1 is 1.23 bits per heavy atom. The zero-order valence-electron chi connectivity index (χ0n) is 16.2. The van der Waals surface area contributed by atoms with Crippen molar-refractivity contribution in [1.29, 1.82) is 0 Å². The number of pyridine rings is 1. The first-order chi connectivity index (χ1) is 14.4. The van der Waals surface area contributed by atoms with Gasteiger partial charge in [-0.15, -0.1) is 0 Å². The van der Waals surface area contributed by atoms with E-state index in [9.17, 15) is 23.3 Å². The van der Waals surface area contributed by atoms with Crippen LogP contribution in [0, 0.1) is 16.0 Å². The summed E-state index contributed by atoms with van der Waals surface area (Å²) in [5, 5.41) is 13.5. The van der Waals surface area contributed by atoms with Crippen molar-refractivity contribution in [2.75, 3.05) is 19.6 Å². The van der Waals surface area contributed by atoms with E-state index in [1.165, 1.54) is 41.0 Å². The van der Waals surface area contributed by atoms with Gasteiger partial charge in [0.05, 0.1) is 4.92 Å². The highest BCUT2D eigenvalue weighted by Crippen LogP contribution is 2.23. The Labute approximate surface area is 174 Å². The maximum Gasteiger partial charge on any atom is 0.269 e. The summed E-state index contributed by atoms with van der Waals surface area (Å²) in [7, 11) is -3.53. The Balaban J connectivity index is 1.45. The summed E-state index contributed by atoms with van der Waals surface area (Å²) in [4.78, 5) is 26.2. The molecular formula is C20H22N4O5S. The minimum Gasteiger partial charge on any atom is -0.352 e. The van der Waals surface area contributed by atoms with Crippen LogP contribution < -0.4 is 5.32 Å². The maximum absolute atomic E-state index is 12.6. The number of sulfonamides is 1. The lowest BCUT2D eigenvalue weighted by molar-refractivity contribution is -0.384. The van der Waals surface area contributed by atoms with Crippen molar-refractivity contribution in [3.8, 4) is 0 Å². The average molecular weight is 430 g/mol. The molecule has 158 valence electrons. The number of nitro groups is 1. The van der Waals surface area contributed by atoms with Crippen molar-refractivity contribution in [2.24, 2.45) is 5.92 Å². The summed E-state index contributed by atoms with van der Waals surface area (Å²) in [5.41, 5.74) is 0.679. The first kappa shape index (κ1) is 21.6. The molecule has 0 saturated carbocycles. The van der Waals surface area contributed by atoms with E-state index in [2.05, 4.69) is 10.3 Å². The van der Waals surface area contributed by atoms with Crippen molar-refractivity contribution < 1.29 is 18.1 Å². The van der Waals surface area contributed by atoms with Gasteiger partial charge in [0.15, 0.2) is 0 Å². The van der Waals surface area contributed by atoms with E-state index >= 15 is 0 Å². The van der Waals surface area contributed by atoms with Gasteiger partial charge in [0, 0.05) is 50.2 Å². The summed E-state index contributed by atoms with van der Waals surface area (Å²) in [6.07, 6.45) is 7.16. The van der Waals surface area contributed by atoms with Crippen LogP contribution in [-0.2, 0) is 14.8 Å². The number of benzene rings is 1. The fourth-order valence-electron chi connectivity index (χ4n) is 3.19. The molecule has 9 nitrogen and oxygen atoms in total. The second kappa shape index (κ2) is 9.59. The van der Waals surface area contributed by atoms with Crippen LogP contribution in [0.3, 0.4) is 0 Å². The molecule has 3 rings (SSSR count). The van der Waals surface area contributed by atoms with Gasteiger partial charge in [0.25, 0.3) is 5.69 Å². The number of aromatic nitrogens is 1. The van der Waals surface area contributed by atoms with Crippen LogP contribution in [0.25, 0.3) is 6.08 Å². The molecule has 1 fully saturated rings. The summed E-state index contributed by atoms with van der Waals surface area (Å²) < 4.78 is 26.7. The lowest BCUT2D eigenvalue weighted by atomic mass is 9.98. The van der Waals surface area contributed by atoms with Crippen LogP contribution in [0.1, 0.15) is 18.4 Å². The number of carbonyl (C=O) groups is 1. The number of hydrogen-bond donors (Lipinski definition) is 1. The third kappa shape index (κ3) is 5.49. The first-order valence-electron chi connectivity index (χ1n) is 9.47. The lowest BCUT2D eigenvalue weighted by Gasteiger charge is -2.31. The predicted octanol–water partition coefficient (Wildman–Crippen LogP) is 2.22. The van der Waals surface area contributed by atoms with Crippen LogP contribution >= 0.6 is 0 Å². The molecule has 2 aromatic rings. The first-order valence-corrected chi connectivity index (χ1v) is 10.9. The maximum atomic E-state index is 12.6. The molecular weight excluding hydrogens is 408 g/mol. The number of nitrogens with zero attached hydrogens (tertiary/aromatic N) is 3. The van der Waals surface area contributed by atoms with Crippen molar-refractivity contribution in [2.45, 2.75) is 17.7 Å².